The number of nitro benzene ring substituents is 1. The van der Waals surface area contributed by atoms with Gasteiger partial charge in [0.1, 0.15) is 6.61 Å². The molecule has 0 saturated carbocycles. The maximum atomic E-state index is 13.2. The molecule has 10 nitrogen and oxygen atoms in total. The first-order chi connectivity index (χ1) is 14.7. The Labute approximate surface area is 178 Å². The van der Waals surface area contributed by atoms with E-state index in [0.717, 1.165) is 0 Å². The molecule has 1 fully saturated rings. The van der Waals surface area contributed by atoms with Crippen LogP contribution in [-0.2, 0) is 28.5 Å². The summed E-state index contributed by atoms with van der Waals surface area (Å²) < 4.78 is 21.3. The number of hydrogen-bond acceptors (Lipinski definition) is 9. The summed E-state index contributed by atoms with van der Waals surface area (Å²) in [5, 5.41) is 14.7. The molecule has 0 bridgehead atoms. The average Bonchev–Trinajstić information content (AvgIpc) is 3.17. The van der Waals surface area contributed by atoms with Gasteiger partial charge in [0.25, 0.3) is 5.69 Å². The van der Waals surface area contributed by atoms with Crippen LogP contribution >= 0.6 is 0 Å². The van der Waals surface area contributed by atoms with Crippen LogP contribution in [0.3, 0.4) is 0 Å². The highest BCUT2D eigenvalue weighted by atomic mass is 16.8. The van der Waals surface area contributed by atoms with Crippen molar-refractivity contribution in [2.24, 2.45) is 0 Å². The summed E-state index contributed by atoms with van der Waals surface area (Å²) in [6, 6.07) is 5.95. The van der Waals surface area contributed by atoms with Gasteiger partial charge in [-0.2, -0.15) is 0 Å². The highest BCUT2D eigenvalue weighted by Gasteiger charge is 2.41. The number of benzene rings is 1. The van der Waals surface area contributed by atoms with E-state index in [-0.39, 0.29) is 29.0 Å². The Morgan fingerprint density at radius 1 is 1.16 bits per heavy atom. The summed E-state index contributed by atoms with van der Waals surface area (Å²) in [5.74, 6) is -3.58. The summed E-state index contributed by atoms with van der Waals surface area (Å²) >= 11 is 0. The second kappa shape index (κ2) is 8.86. The average molecular weight is 432 g/mol. The summed E-state index contributed by atoms with van der Waals surface area (Å²) in [5.41, 5.74) is 0.960. The molecule has 1 unspecified atom stereocenters. The number of carbonyl (C=O) groups is 2. The fourth-order valence-electron chi connectivity index (χ4n) is 3.77. The number of rotatable bonds is 6. The molecule has 1 aromatic rings. The van der Waals surface area contributed by atoms with Crippen LogP contribution in [0.5, 0.6) is 0 Å². The fraction of sp³-hybridized carbons (Fsp3) is 0.429. The van der Waals surface area contributed by atoms with Crippen molar-refractivity contribution in [2.75, 3.05) is 26.9 Å². The molecule has 2 aliphatic rings. The minimum atomic E-state index is -1.07. The van der Waals surface area contributed by atoms with Gasteiger partial charge in [0.15, 0.2) is 5.79 Å². The lowest BCUT2D eigenvalue weighted by Gasteiger charge is -2.30. The molecular weight excluding hydrogens is 408 g/mol. The Bertz CT molecular complexity index is 975. The van der Waals surface area contributed by atoms with E-state index in [1.165, 1.54) is 25.3 Å². The molecule has 0 amide bonds. The van der Waals surface area contributed by atoms with Crippen molar-refractivity contribution in [3.05, 3.63) is 62.5 Å². The minimum absolute atomic E-state index is 0.0712. The number of esters is 2. The van der Waals surface area contributed by atoms with Crippen LogP contribution in [0.25, 0.3) is 0 Å². The van der Waals surface area contributed by atoms with Gasteiger partial charge in [0.2, 0.25) is 0 Å². The molecule has 3 rings (SSSR count). The van der Waals surface area contributed by atoms with Crippen molar-refractivity contribution in [1.82, 2.24) is 5.32 Å². The van der Waals surface area contributed by atoms with E-state index in [1.54, 1.807) is 26.8 Å². The number of ether oxygens (including phenoxy) is 4. The molecule has 166 valence electrons. The molecule has 0 aromatic heterocycles. The van der Waals surface area contributed by atoms with Gasteiger partial charge < -0.3 is 24.3 Å². The summed E-state index contributed by atoms with van der Waals surface area (Å²) in [6.45, 7) is 5.51. The second-order valence-corrected chi connectivity index (χ2v) is 7.35. The van der Waals surface area contributed by atoms with Crippen LogP contribution in [0.4, 0.5) is 5.69 Å². The van der Waals surface area contributed by atoms with E-state index in [1.807, 2.05) is 0 Å². The molecule has 2 aliphatic heterocycles. The highest BCUT2D eigenvalue weighted by molar-refractivity contribution is 6.00. The second-order valence-electron chi connectivity index (χ2n) is 7.35. The molecule has 2 heterocycles. The highest BCUT2D eigenvalue weighted by Crippen LogP contribution is 2.42. The van der Waals surface area contributed by atoms with Crippen LogP contribution in [0.1, 0.15) is 32.3 Å². The third kappa shape index (κ3) is 4.44. The number of methoxy groups -OCH3 is 1. The molecule has 31 heavy (non-hydrogen) atoms. The Morgan fingerprint density at radius 2 is 1.74 bits per heavy atom. The third-order valence-corrected chi connectivity index (χ3v) is 5.19. The summed E-state index contributed by atoms with van der Waals surface area (Å²) in [7, 11) is 1.21. The van der Waals surface area contributed by atoms with Gasteiger partial charge in [0, 0.05) is 23.0 Å². The van der Waals surface area contributed by atoms with Crippen molar-refractivity contribution in [2.45, 2.75) is 32.5 Å². The van der Waals surface area contributed by atoms with Crippen LogP contribution in [0, 0.1) is 10.1 Å². The Morgan fingerprint density at radius 3 is 2.32 bits per heavy atom. The first kappa shape index (κ1) is 22.4. The smallest absolute Gasteiger partial charge is 0.336 e. The number of nitrogens with zero attached hydrogens (tertiary/aromatic N) is 1. The Kier molecular flexibility index (Phi) is 6.42. The minimum Gasteiger partial charge on any atom is -0.466 e. The molecule has 10 heteroatoms. The predicted molar refractivity (Wildman–Crippen MR) is 108 cm³/mol. The van der Waals surface area contributed by atoms with Gasteiger partial charge in [-0.15, -0.1) is 0 Å². The first-order valence-electron chi connectivity index (χ1n) is 9.63. The van der Waals surface area contributed by atoms with Gasteiger partial charge in [-0.3, -0.25) is 10.1 Å². The SMILES string of the molecule is COC(=O)C1=C(C)NC(C)=C(C(=O)OCC2(C)OCCO2)C1c1ccccc1[N+](=O)[O-]. The normalized spacial score (nSPS) is 20.3. The summed E-state index contributed by atoms with van der Waals surface area (Å²) in [6.07, 6.45) is 0. The third-order valence-electron chi connectivity index (χ3n) is 5.19. The van der Waals surface area contributed by atoms with Crippen LogP contribution in [0.2, 0.25) is 0 Å². The number of dihydropyridines is 1. The van der Waals surface area contributed by atoms with Crippen molar-refractivity contribution in [3.8, 4) is 0 Å². The quantitative estimate of drug-likeness (QED) is 0.409. The fourth-order valence-corrected chi connectivity index (χ4v) is 3.77. The number of nitro groups is 1. The molecule has 1 atom stereocenters. The Hall–Kier alpha value is -3.24. The molecule has 1 aromatic carbocycles. The van der Waals surface area contributed by atoms with Gasteiger partial charge in [-0.05, 0) is 20.8 Å². The number of allylic oxidation sites excluding steroid dienone is 2. The molecule has 0 aliphatic carbocycles. The van der Waals surface area contributed by atoms with Gasteiger partial charge in [-0.1, -0.05) is 18.2 Å². The first-order valence-corrected chi connectivity index (χ1v) is 9.63. The molecule has 0 radical (unpaired) electrons. The van der Waals surface area contributed by atoms with Gasteiger partial charge in [-0.25, -0.2) is 9.59 Å². The number of para-hydroxylation sites is 1. The number of carbonyl (C=O) groups excluding carboxylic acids is 2. The zero-order chi connectivity index (χ0) is 22.8. The van der Waals surface area contributed by atoms with E-state index in [9.17, 15) is 19.7 Å². The molecular formula is C21H24N2O8. The summed E-state index contributed by atoms with van der Waals surface area (Å²) in [4.78, 5) is 36.9. The van der Waals surface area contributed by atoms with E-state index < -0.39 is 28.6 Å². The van der Waals surface area contributed by atoms with E-state index in [2.05, 4.69) is 5.32 Å². The van der Waals surface area contributed by atoms with Gasteiger partial charge in [0.05, 0.1) is 42.3 Å². The standard InChI is InChI=1S/C21H24N2O8/c1-12-16(19(24)28-4)18(14-7-5-6-8-15(14)23(26)27)17(13(2)22-12)20(25)29-11-21(3)30-9-10-31-21/h5-8,18,22H,9-11H2,1-4H3. The lowest BCUT2D eigenvalue weighted by molar-refractivity contribution is -0.385. The van der Waals surface area contributed by atoms with Crippen molar-refractivity contribution >= 4 is 17.6 Å². The molecule has 1 saturated heterocycles. The van der Waals surface area contributed by atoms with E-state index in [0.29, 0.717) is 24.6 Å². The van der Waals surface area contributed by atoms with Crippen molar-refractivity contribution < 1.29 is 33.5 Å². The monoisotopic (exact) mass is 432 g/mol. The number of nitrogens with one attached hydrogen (secondary N) is 1. The lowest BCUT2D eigenvalue weighted by Crippen LogP contribution is -2.36. The van der Waals surface area contributed by atoms with Crippen molar-refractivity contribution in [3.63, 3.8) is 0 Å². The van der Waals surface area contributed by atoms with Gasteiger partial charge >= 0.3 is 11.9 Å². The zero-order valence-corrected chi connectivity index (χ0v) is 17.7. The molecule has 0 spiro atoms. The van der Waals surface area contributed by atoms with Crippen LogP contribution < -0.4 is 5.32 Å². The Balaban J connectivity index is 2.07. The van der Waals surface area contributed by atoms with E-state index in [4.69, 9.17) is 18.9 Å². The van der Waals surface area contributed by atoms with Crippen LogP contribution in [-0.4, -0.2) is 49.6 Å². The molecule has 1 N–H and O–H groups in total. The number of hydrogen-bond donors (Lipinski definition) is 1. The maximum Gasteiger partial charge on any atom is 0.336 e. The predicted octanol–water partition coefficient (Wildman–Crippen LogP) is 2.31. The van der Waals surface area contributed by atoms with Crippen molar-refractivity contribution in [1.29, 1.82) is 0 Å². The van der Waals surface area contributed by atoms with Crippen LogP contribution in [0.15, 0.2) is 46.8 Å². The lowest BCUT2D eigenvalue weighted by atomic mass is 9.79. The van der Waals surface area contributed by atoms with E-state index >= 15 is 0 Å². The zero-order valence-electron chi connectivity index (χ0n) is 17.7. The largest absolute Gasteiger partial charge is 0.466 e. The maximum absolute atomic E-state index is 13.2. The topological polar surface area (TPSA) is 126 Å².